The van der Waals surface area contributed by atoms with Gasteiger partial charge in [0.2, 0.25) is 0 Å². The summed E-state index contributed by atoms with van der Waals surface area (Å²) in [6.45, 7) is 0. The molecule has 3 N–H and O–H groups in total. The van der Waals surface area contributed by atoms with Gasteiger partial charge in [-0.3, -0.25) is 4.79 Å². The summed E-state index contributed by atoms with van der Waals surface area (Å²) in [7, 11) is 0. The maximum absolute atomic E-state index is 11.2. The number of aromatic nitrogens is 2. The van der Waals surface area contributed by atoms with Crippen molar-refractivity contribution in [3.05, 3.63) is 51.3 Å². The molecule has 18 heavy (non-hydrogen) atoms. The second-order valence-electron chi connectivity index (χ2n) is 3.43. The van der Waals surface area contributed by atoms with Gasteiger partial charge in [0.15, 0.2) is 5.82 Å². The smallest absolute Gasteiger partial charge is 0.341 e. The van der Waals surface area contributed by atoms with Gasteiger partial charge in [-0.05, 0) is 24.3 Å². The van der Waals surface area contributed by atoms with E-state index in [4.69, 9.17) is 16.7 Å². The molecule has 2 aromatic rings. The first kappa shape index (κ1) is 12.1. The molecular weight excluding hydrogens is 258 g/mol. The molecule has 7 heteroatoms. The fraction of sp³-hybridized carbons (Fsp3) is 0. The number of carboxylic acids is 1. The topological polar surface area (TPSA) is 95.1 Å². The summed E-state index contributed by atoms with van der Waals surface area (Å²) in [5.41, 5.74) is -0.444. The molecule has 0 saturated heterocycles. The van der Waals surface area contributed by atoms with Gasteiger partial charge in [0.05, 0.1) is 0 Å². The molecule has 0 radical (unpaired) electrons. The zero-order valence-electron chi connectivity index (χ0n) is 8.98. The molecule has 1 aromatic carbocycles. The van der Waals surface area contributed by atoms with E-state index in [0.29, 0.717) is 10.7 Å². The lowest BCUT2D eigenvalue weighted by atomic mass is 10.3. The van der Waals surface area contributed by atoms with Gasteiger partial charge in [-0.15, -0.1) is 0 Å². The summed E-state index contributed by atoms with van der Waals surface area (Å²) in [5, 5.41) is 18.0. The SMILES string of the molecule is O=C(O)c1cc(Nc2ccc(Cl)cc2)n[nH]c1=O. The number of carboxylic acid groups (broad SMARTS) is 1. The first-order chi connectivity index (χ1) is 8.56. The molecule has 0 unspecified atom stereocenters. The van der Waals surface area contributed by atoms with Crippen molar-refractivity contribution in [3.8, 4) is 0 Å². The van der Waals surface area contributed by atoms with Gasteiger partial charge < -0.3 is 10.4 Å². The zero-order valence-corrected chi connectivity index (χ0v) is 9.73. The summed E-state index contributed by atoms with van der Waals surface area (Å²) >= 11 is 5.73. The maximum atomic E-state index is 11.2. The Morgan fingerprint density at radius 1 is 1.33 bits per heavy atom. The van der Waals surface area contributed by atoms with E-state index in [1.54, 1.807) is 24.3 Å². The minimum atomic E-state index is -1.31. The summed E-state index contributed by atoms with van der Waals surface area (Å²) in [6.07, 6.45) is 0. The van der Waals surface area contributed by atoms with E-state index < -0.39 is 11.5 Å². The number of aromatic carboxylic acids is 1. The highest BCUT2D eigenvalue weighted by molar-refractivity contribution is 6.30. The van der Waals surface area contributed by atoms with Gasteiger partial charge in [-0.2, -0.15) is 5.10 Å². The van der Waals surface area contributed by atoms with Crippen LogP contribution in [0.25, 0.3) is 0 Å². The number of rotatable bonds is 3. The lowest BCUT2D eigenvalue weighted by Crippen LogP contribution is -2.19. The van der Waals surface area contributed by atoms with Crippen LogP contribution in [0, 0.1) is 0 Å². The van der Waals surface area contributed by atoms with Crippen LogP contribution in [0.4, 0.5) is 11.5 Å². The van der Waals surface area contributed by atoms with Gasteiger partial charge in [0, 0.05) is 16.8 Å². The predicted molar refractivity (Wildman–Crippen MR) is 66.6 cm³/mol. The fourth-order valence-corrected chi connectivity index (χ4v) is 1.44. The van der Waals surface area contributed by atoms with E-state index in [2.05, 4.69) is 15.5 Å². The Bertz CT molecular complexity index is 637. The van der Waals surface area contributed by atoms with Crippen molar-refractivity contribution in [3.63, 3.8) is 0 Å². The predicted octanol–water partition coefficient (Wildman–Crippen LogP) is 1.87. The third kappa shape index (κ3) is 2.67. The molecule has 0 aliphatic carbocycles. The van der Waals surface area contributed by atoms with Crippen molar-refractivity contribution >= 4 is 29.1 Å². The van der Waals surface area contributed by atoms with Crippen LogP contribution in [-0.4, -0.2) is 21.3 Å². The molecule has 2 rings (SSSR count). The lowest BCUT2D eigenvalue weighted by molar-refractivity contribution is 0.0694. The number of nitrogens with zero attached hydrogens (tertiary/aromatic N) is 1. The first-order valence-corrected chi connectivity index (χ1v) is 5.29. The number of H-pyrrole nitrogens is 1. The van der Waals surface area contributed by atoms with E-state index in [1.807, 2.05) is 0 Å². The van der Waals surface area contributed by atoms with E-state index in [0.717, 1.165) is 6.07 Å². The maximum Gasteiger partial charge on any atom is 0.341 e. The quantitative estimate of drug-likeness (QED) is 0.787. The molecule has 0 fully saturated rings. The normalized spacial score (nSPS) is 10.1. The molecule has 0 amide bonds. The molecule has 0 saturated carbocycles. The van der Waals surface area contributed by atoms with Crippen LogP contribution in [0.5, 0.6) is 0 Å². The van der Waals surface area contributed by atoms with Crippen molar-refractivity contribution in [2.24, 2.45) is 0 Å². The number of anilines is 2. The number of aromatic amines is 1. The number of carbonyl (C=O) groups is 1. The highest BCUT2D eigenvalue weighted by Gasteiger charge is 2.10. The van der Waals surface area contributed by atoms with Gasteiger partial charge in [-0.25, -0.2) is 9.89 Å². The van der Waals surface area contributed by atoms with Gasteiger partial charge in [0.1, 0.15) is 5.56 Å². The molecule has 6 nitrogen and oxygen atoms in total. The van der Waals surface area contributed by atoms with E-state index in [-0.39, 0.29) is 11.4 Å². The van der Waals surface area contributed by atoms with E-state index in [9.17, 15) is 9.59 Å². The van der Waals surface area contributed by atoms with Crippen molar-refractivity contribution in [1.29, 1.82) is 0 Å². The highest BCUT2D eigenvalue weighted by Crippen LogP contribution is 2.17. The monoisotopic (exact) mass is 265 g/mol. The van der Waals surface area contributed by atoms with Crippen LogP contribution in [0.2, 0.25) is 5.02 Å². The van der Waals surface area contributed by atoms with Gasteiger partial charge >= 0.3 is 5.97 Å². The largest absolute Gasteiger partial charge is 0.477 e. The molecule has 0 aliphatic rings. The minimum absolute atomic E-state index is 0.231. The first-order valence-electron chi connectivity index (χ1n) is 4.92. The number of benzene rings is 1. The van der Waals surface area contributed by atoms with Gasteiger partial charge in [-0.1, -0.05) is 11.6 Å². The average Bonchev–Trinajstić information content (AvgIpc) is 2.34. The highest BCUT2D eigenvalue weighted by atomic mass is 35.5. The second kappa shape index (κ2) is 4.89. The van der Waals surface area contributed by atoms with Gasteiger partial charge in [0.25, 0.3) is 5.56 Å². The van der Waals surface area contributed by atoms with Crippen LogP contribution in [0.1, 0.15) is 10.4 Å². The third-order valence-electron chi connectivity index (χ3n) is 2.15. The minimum Gasteiger partial charge on any atom is -0.477 e. The summed E-state index contributed by atoms with van der Waals surface area (Å²) in [4.78, 5) is 21.9. The average molecular weight is 266 g/mol. The molecule has 0 bridgehead atoms. The second-order valence-corrected chi connectivity index (χ2v) is 3.87. The van der Waals surface area contributed by atoms with Crippen molar-refractivity contribution in [2.45, 2.75) is 0 Å². The van der Waals surface area contributed by atoms with Crippen molar-refractivity contribution in [2.75, 3.05) is 5.32 Å². The molecule has 92 valence electrons. The zero-order chi connectivity index (χ0) is 13.1. The lowest BCUT2D eigenvalue weighted by Gasteiger charge is -2.05. The Hall–Kier alpha value is -2.34. The van der Waals surface area contributed by atoms with Crippen LogP contribution < -0.4 is 10.9 Å². The van der Waals surface area contributed by atoms with Crippen molar-refractivity contribution in [1.82, 2.24) is 10.2 Å². The Morgan fingerprint density at radius 2 is 2.00 bits per heavy atom. The molecule has 0 atom stereocenters. The molecule has 1 heterocycles. The molecule has 0 aliphatic heterocycles. The number of hydrogen-bond donors (Lipinski definition) is 3. The number of nitrogens with one attached hydrogen (secondary N) is 2. The summed E-state index contributed by atoms with van der Waals surface area (Å²) in [6, 6.07) is 7.92. The number of halogens is 1. The van der Waals surface area contributed by atoms with Crippen LogP contribution in [0.15, 0.2) is 35.1 Å². The Morgan fingerprint density at radius 3 is 2.61 bits per heavy atom. The van der Waals surface area contributed by atoms with Crippen LogP contribution >= 0.6 is 11.6 Å². The number of hydrogen-bond acceptors (Lipinski definition) is 4. The van der Waals surface area contributed by atoms with Crippen LogP contribution in [-0.2, 0) is 0 Å². The van der Waals surface area contributed by atoms with E-state index >= 15 is 0 Å². The third-order valence-corrected chi connectivity index (χ3v) is 2.40. The fourth-order valence-electron chi connectivity index (χ4n) is 1.31. The Balaban J connectivity index is 2.30. The standard InChI is InChI=1S/C11H8ClN3O3/c12-6-1-3-7(4-2-6)13-9-5-8(11(17)18)10(16)15-14-9/h1-5H,(H,13,14)(H,15,16)(H,17,18). The molecule has 0 spiro atoms. The van der Waals surface area contributed by atoms with Crippen LogP contribution in [0.3, 0.4) is 0 Å². The van der Waals surface area contributed by atoms with E-state index in [1.165, 1.54) is 0 Å². The Kier molecular flexibility index (Phi) is 3.29. The Labute approximate surface area is 106 Å². The molecule has 1 aromatic heterocycles. The summed E-state index contributed by atoms with van der Waals surface area (Å²) in [5.74, 6) is -1.08. The van der Waals surface area contributed by atoms with Crippen molar-refractivity contribution < 1.29 is 9.90 Å². The summed E-state index contributed by atoms with van der Waals surface area (Å²) < 4.78 is 0. The molecular formula is C11H8ClN3O3.